The molecule has 130 valence electrons. The van der Waals surface area contributed by atoms with E-state index in [0.29, 0.717) is 12.5 Å². The van der Waals surface area contributed by atoms with Gasteiger partial charge in [0.1, 0.15) is 0 Å². The minimum atomic E-state index is -3.51. The van der Waals surface area contributed by atoms with Crippen LogP contribution in [0.3, 0.4) is 0 Å². The zero-order valence-corrected chi connectivity index (χ0v) is 15.0. The van der Waals surface area contributed by atoms with E-state index in [1.54, 1.807) is 11.6 Å². The monoisotopic (exact) mass is 348 g/mol. The van der Waals surface area contributed by atoms with Crippen molar-refractivity contribution in [1.82, 2.24) is 19.2 Å². The zero-order valence-electron chi connectivity index (χ0n) is 14.1. The molecule has 7 heteroatoms. The van der Waals surface area contributed by atoms with Crippen LogP contribution in [0.15, 0.2) is 41.8 Å². The van der Waals surface area contributed by atoms with Crippen molar-refractivity contribution in [3.05, 3.63) is 47.9 Å². The average molecular weight is 348 g/mol. The molecule has 2 aromatic rings. The fraction of sp³-hybridized carbons (Fsp3) is 0.471. The van der Waals surface area contributed by atoms with E-state index in [4.69, 9.17) is 0 Å². The van der Waals surface area contributed by atoms with Gasteiger partial charge in [0.2, 0.25) is 0 Å². The second kappa shape index (κ2) is 7.04. The lowest BCUT2D eigenvalue weighted by Crippen LogP contribution is -2.31. The Morgan fingerprint density at radius 3 is 2.92 bits per heavy atom. The van der Waals surface area contributed by atoms with E-state index in [1.807, 2.05) is 0 Å². The first-order chi connectivity index (χ1) is 11.4. The first-order valence-electron chi connectivity index (χ1n) is 8.18. The number of nitrogens with zero attached hydrogens (tertiary/aromatic N) is 3. The summed E-state index contributed by atoms with van der Waals surface area (Å²) in [5, 5.41) is 0.0830. The Morgan fingerprint density at radius 2 is 2.21 bits per heavy atom. The lowest BCUT2D eigenvalue weighted by atomic mass is 10.1. The maximum atomic E-state index is 12.2. The Bertz CT molecular complexity index is 800. The lowest BCUT2D eigenvalue weighted by Gasteiger charge is -2.16. The van der Waals surface area contributed by atoms with Gasteiger partial charge in [-0.2, -0.15) is 0 Å². The van der Waals surface area contributed by atoms with Crippen LogP contribution in [-0.2, 0) is 23.6 Å². The fourth-order valence-corrected chi connectivity index (χ4v) is 4.21. The van der Waals surface area contributed by atoms with Crippen LogP contribution < -0.4 is 4.72 Å². The van der Waals surface area contributed by atoms with Gasteiger partial charge in [0.15, 0.2) is 5.03 Å². The molecule has 1 fully saturated rings. The molecule has 2 heterocycles. The maximum absolute atomic E-state index is 12.2. The van der Waals surface area contributed by atoms with Crippen LogP contribution in [0.25, 0.3) is 0 Å². The van der Waals surface area contributed by atoms with Crippen molar-refractivity contribution in [3.63, 3.8) is 0 Å². The van der Waals surface area contributed by atoms with Crippen LogP contribution in [0.5, 0.6) is 0 Å². The Hall–Kier alpha value is -1.70. The molecule has 1 aliphatic rings. The number of nitrogens with one attached hydrogen (secondary N) is 1. The Balaban J connectivity index is 1.51. The molecule has 1 aliphatic heterocycles. The molecule has 1 aromatic carbocycles. The molecule has 0 aliphatic carbocycles. The number of hydrogen-bond donors (Lipinski definition) is 1. The molecule has 0 radical (unpaired) electrons. The van der Waals surface area contributed by atoms with Crippen LogP contribution >= 0.6 is 0 Å². The van der Waals surface area contributed by atoms with Crippen LogP contribution in [-0.4, -0.2) is 42.5 Å². The Morgan fingerprint density at radius 1 is 1.38 bits per heavy atom. The molecule has 1 aromatic heterocycles. The molecular formula is C17H24N4O2S. The highest BCUT2D eigenvalue weighted by Crippen LogP contribution is 2.19. The summed E-state index contributed by atoms with van der Waals surface area (Å²) in [6.07, 6.45) is 4.02. The average Bonchev–Trinajstić information content (AvgIpc) is 3.15. The summed E-state index contributed by atoms with van der Waals surface area (Å²) in [7, 11) is -1.75. The summed E-state index contributed by atoms with van der Waals surface area (Å²) in [5.74, 6) is 0.341. The molecule has 0 saturated carbocycles. The number of hydrogen-bond acceptors (Lipinski definition) is 4. The Labute approximate surface area is 143 Å². The highest BCUT2D eigenvalue weighted by molar-refractivity contribution is 7.89. The van der Waals surface area contributed by atoms with Gasteiger partial charge in [0.05, 0.1) is 6.33 Å². The second-order valence-electron chi connectivity index (χ2n) is 6.61. The van der Waals surface area contributed by atoms with Crippen LogP contribution in [0.1, 0.15) is 17.5 Å². The van der Waals surface area contributed by atoms with E-state index in [-0.39, 0.29) is 5.03 Å². The number of imidazole rings is 1. The minimum Gasteiger partial charge on any atom is -0.339 e. The number of aromatic nitrogens is 2. The van der Waals surface area contributed by atoms with Crippen LogP contribution in [0.2, 0.25) is 0 Å². The van der Waals surface area contributed by atoms with Gasteiger partial charge < -0.3 is 4.57 Å². The van der Waals surface area contributed by atoms with Gasteiger partial charge in [-0.05, 0) is 31.4 Å². The standard InChI is InChI=1S/C17H24N4O2S/c1-14-4-3-5-15(8-14)10-21-7-6-16(11-21)9-19-24(22,23)17-12-20(2)13-18-17/h3-5,8,12-13,16,19H,6-7,9-11H2,1-2H3. The van der Waals surface area contributed by atoms with Crippen molar-refractivity contribution < 1.29 is 8.42 Å². The zero-order chi connectivity index (χ0) is 17.2. The predicted octanol–water partition coefficient (Wildman–Crippen LogP) is 1.53. The van der Waals surface area contributed by atoms with Gasteiger partial charge in [0.25, 0.3) is 10.0 Å². The van der Waals surface area contributed by atoms with Crippen molar-refractivity contribution in [1.29, 1.82) is 0 Å². The van der Waals surface area contributed by atoms with Crippen molar-refractivity contribution in [2.75, 3.05) is 19.6 Å². The van der Waals surface area contributed by atoms with Crippen molar-refractivity contribution in [3.8, 4) is 0 Å². The van der Waals surface area contributed by atoms with Crippen molar-refractivity contribution >= 4 is 10.0 Å². The van der Waals surface area contributed by atoms with Gasteiger partial charge in [-0.25, -0.2) is 18.1 Å². The first-order valence-corrected chi connectivity index (χ1v) is 9.66. The van der Waals surface area contributed by atoms with Gasteiger partial charge in [-0.15, -0.1) is 0 Å². The first kappa shape index (κ1) is 17.1. The normalized spacial score (nSPS) is 19.0. The number of sulfonamides is 1. The second-order valence-corrected chi connectivity index (χ2v) is 8.32. The van der Waals surface area contributed by atoms with Gasteiger partial charge in [-0.3, -0.25) is 4.90 Å². The molecular weight excluding hydrogens is 324 g/mol. The lowest BCUT2D eigenvalue weighted by molar-refractivity contribution is 0.316. The van der Waals surface area contributed by atoms with E-state index in [9.17, 15) is 8.42 Å². The molecule has 0 bridgehead atoms. The third kappa shape index (κ3) is 4.23. The predicted molar refractivity (Wildman–Crippen MR) is 93.0 cm³/mol. The summed E-state index contributed by atoms with van der Waals surface area (Å²) in [5.41, 5.74) is 2.58. The highest BCUT2D eigenvalue weighted by atomic mass is 32.2. The van der Waals surface area contributed by atoms with Gasteiger partial charge >= 0.3 is 0 Å². The number of aryl methyl sites for hydroxylation is 2. The fourth-order valence-electron chi connectivity index (χ4n) is 3.12. The number of likely N-dealkylation sites (tertiary alicyclic amines) is 1. The van der Waals surface area contributed by atoms with E-state index < -0.39 is 10.0 Å². The number of benzene rings is 1. The molecule has 6 nitrogen and oxygen atoms in total. The summed E-state index contributed by atoms with van der Waals surface area (Å²) in [6, 6.07) is 8.53. The van der Waals surface area contributed by atoms with Crippen molar-refractivity contribution in [2.45, 2.75) is 24.9 Å². The topological polar surface area (TPSA) is 67.2 Å². The molecule has 1 N–H and O–H groups in total. The van der Waals surface area contributed by atoms with E-state index >= 15 is 0 Å². The van der Waals surface area contributed by atoms with Gasteiger partial charge in [0, 0.05) is 32.9 Å². The third-order valence-electron chi connectivity index (χ3n) is 4.38. The van der Waals surface area contributed by atoms with Gasteiger partial charge in [-0.1, -0.05) is 29.8 Å². The maximum Gasteiger partial charge on any atom is 0.259 e. The van der Waals surface area contributed by atoms with Crippen molar-refractivity contribution in [2.24, 2.45) is 13.0 Å². The summed E-state index contributed by atoms with van der Waals surface area (Å²) < 4.78 is 28.7. The van der Waals surface area contributed by atoms with Crippen LogP contribution in [0.4, 0.5) is 0 Å². The highest BCUT2D eigenvalue weighted by Gasteiger charge is 2.25. The Kier molecular flexibility index (Phi) is 5.03. The third-order valence-corrected chi connectivity index (χ3v) is 5.69. The summed E-state index contributed by atoms with van der Waals surface area (Å²) in [6.45, 7) is 5.40. The summed E-state index contributed by atoms with van der Waals surface area (Å²) in [4.78, 5) is 6.30. The molecule has 0 amide bonds. The summed E-state index contributed by atoms with van der Waals surface area (Å²) >= 11 is 0. The molecule has 24 heavy (non-hydrogen) atoms. The molecule has 3 rings (SSSR count). The van der Waals surface area contributed by atoms with E-state index in [0.717, 1.165) is 26.1 Å². The molecule has 0 spiro atoms. The van der Waals surface area contributed by atoms with Crippen LogP contribution in [0, 0.1) is 12.8 Å². The molecule has 1 atom stereocenters. The SMILES string of the molecule is Cc1cccc(CN2CCC(CNS(=O)(=O)c3cn(C)cn3)C2)c1. The smallest absolute Gasteiger partial charge is 0.259 e. The minimum absolute atomic E-state index is 0.0830. The van der Waals surface area contributed by atoms with E-state index in [2.05, 4.69) is 45.8 Å². The van der Waals surface area contributed by atoms with E-state index in [1.165, 1.54) is 23.7 Å². The number of rotatable bonds is 6. The largest absolute Gasteiger partial charge is 0.339 e. The quantitative estimate of drug-likeness (QED) is 0.860. The molecule has 1 saturated heterocycles. The molecule has 1 unspecified atom stereocenters.